The number of sulfone groups is 2. The molecule has 0 saturated carbocycles. The summed E-state index contributed by atoms with van der Waals surface area (Å²) in [6, 6.07) is 3.59. The van der Waals surface area contributed by atoms with Crippen LogP contribution in [0.2, 0.25) is 0 Å². The van der Waals surface area contributed by atoms with E-state index in [1.54, 1.807) is 0 Å². The Morgan fingerprint density at radius 3 is 2.19 bits per heavy atom. The lowest BCUT2D eigenvalue weighted by atomic mass is 10.3. The van der Waals surface area contributed by atoms with Crippen LogP contribution in [0.25, 0.3) is 5.53 Å². The Morgan fingerprint density at radius 2 is 1.71 bits per heavy atom. The molecule has 0 radical (unpaired) electrons. The molecule has 1 aromatic carbocycles. The van der Waals surface area contributed by atoms with Gasteiger partial charge in [-0.3, -0.25) is 0 Å². The highest BCUT2D eigenvalue weighted by molar-refractivity contribution is 8.31. The summed E-state index contributed by atoms with van der Waals surface area (Å²) < 4.78 is 59.8. The highest BCUT2D eigenvalue weighted by Gasteiger charge is 2.42. The summed E-state index contributed by atoms with van der Waals surface area (Å²) in [6.45, 7) is 1.86. The standard InChI is InChI=1S/C12H15FN2O4S2/c1-2-3-4-9-20(16,17)12(15-14)21(18,19)11-7-5-10(13)6-8-11/h5-8H,2-4,9H2,1H3. The topological polar surface area (TPSA) is 105 Å². The molecule has 0 aliphatic rings. The van der Waals surface area contributed by atoms with Crippen LogP contribution in [-0.2, 0) is 19.7 Å². The van der Waals surface area contributed by atoms with E-state index in [2.05, 4.69) is 4.79 Å². The van der Waals surface area contributed by atoms with Gasteiger partial charge in [0.2, 0.25) is 0 Å². The molecule has 0 heterocycles. The van der Waals surface area contributed by atoms with Gasteiger partial charge in [-0.15, -0.1) is 4.79 Å². The predicted molar refractivity (Wildman–Crippen MR) is 75.5 cm³/mol. The smallest absolute Gasteiger partial charge is 0.359 e. The molecule has 0 saturated heterocycles. The van der Waals surface area contributed by atoms with Crippen LogP contribution in [0, 0.1) is 5.82 Å². The van der Waals surface area contributed by atoms with Gasteiger partial charge in [-0.1, -0.05) is 19.8 Å². The van der Waals surface area contributed by atoms with E-state index in [-0.39, 0.29) is 6.42 Å². The van der Waals surface area contributed by atoms with Gasteiger partial charge in [0, 0.05) is 0 Å². The quantitative estimate of drug-likeness (QED) is 0.204. The number of nitrogens with zero attached hydrogens (tertiary/aromatic N) is 2. The number of benzene rings is 1. The first-order chi connectivity index (χ1) is 9.75. The Kier molecular flexibility index (Phi) is 5.77. The van der Waals surface area contributed by atoms with E-state index in [0.29, 0.717) is 6.42 Å². The Morgan fingerprint density at radius 1 is 1.14 bits per heavy atom. The van der Waals surface area contributed by atoms with Crippen LogP contribution >= 0.6 is 0 Å². The monoisotopic (exact) mass is 334 g/mol. The number of halogens is 1. The normalized spacial score (nSPS) is 11.9. The average Bonchev–Trinajstić information content (AvgIpc) is 2.39. The molecule has 9 heteroatoms. The van der Waals surface area contributed by atoms with Gasteiger partial charge in [-0.05, 0) is 30.7 Å². The van der Waals surface area contributed by atoms with Crippen LogP contribution in [0.4, 0.5) is 4.39 Å². The van der Waals surface area contributed by atoms with E-state index in [0.717, 1.165) is 30.7 Å². The number of rotatable bonds is 5. The third-order valence-electron chi connectivity index (χ3n) is 2.72. The Bertz CT molecular complexity index is 749. The molecular formula is C12H15FN2O4S2. The van der Waals surface area contributed by atoms with Gasteiger partial charge in [-0.2, -0.15) is 0 Å². The van der Waals surface area contributed by atoms with Crippen molar-refractivity contribution in [3.8, 4) is 0 Å². The lowest BCUT2D eigenvalue weighted by molar-refractivity contribution is 0.00380. The molecule has 0 unspecified atom stereocenters. The molecular weight excluding hydrogens is 319 g/mol. The van der Waals surface area contributed by atoms with Gasteiger partial charge in [0.15, 0.2) is 0 Å². The molecule has 0 spiro atoms. The summed E-state index contributed by atoms with van der Waals surface area (Å²) in [5, 5.41) is 0. The second kappa shape index (κ2) is 6.93. The zero-order valence-electron chi connectivity index (χ0n) is 11.4. The first-order valence-corrected chi connectivity index (χ1v) is 9.34. The third kappa shape index (κ3) is 4.20. The Labute approximate surface area is 123 Å². The van der Waals surface area contributed by atoms with Crippen LogP contribution < -0.4 is 0 Å². The Hall–Kier alpha value is -1.57. The van der Waals surface area contributed by atoms with Crippen molar-refractivity contribution in [2.24, 2.45) is 0 Å². The highest BCUT2D eigenvalue weighted by atomic mass is 32.3. The van der Waals surface area contributed by atoms with E-state index in [1.807, 2.05) is 6.92 Å². The lowest BCUT2D eigenvalue weighted by Crippen LogP contribution is -2.28. The maximum atomic E-state index is 12.8. The molecule has 0 aromatic heterocycles. The van der Waals surface area contributed by atoms with Gasteiger partial charge < -0.3 is 5.53 Å². The summed E-state index contributed by atoms with van der Waals surface area (Å²) in [4.78, 5) is 2.01. The van der Waals surface area contributed by atoms with Crippen LogP contribution in [0.15, 0.2) is 29.2 Å². The maximum Gasteiger partial charge on any atom is 0.499 e. The van der Waals surface area contributed by atoms with Gasteiger partial charge in [0.1, 0.15) is 5.82 Å². The minimum absolute atomic E-state index is 0.261. The van der Waals surface area contributed by atoms with Crippen LogP contribution in [0.3, 0.4) is 0 Å². The second-order valence-corrected chi connectivity index (χ2v) is 8.50. The molecule has 6 nitrogen and oxygen atoms in total. The van der Waals surface area contributed by atoms with Crippen molar-refractivity contribution < 1.29 is 26.0 Å². The second-order valence-electron chi connectivity index (χ2n) is 4.35. The fraction of sp³-hybridized carbons (Fsp3) is 0.417. The number of hydrogen-bond donors (Lipinski definition) is 0. The summed E-state index contributed by atoms with van der Waals surface area (Å²) in [7, 11) is -8.76. The lowest BCUT2D eigenvalue weighted by Gasteiger charge is -2.02. The van der Waals surface area contributed by atoms with E-state index in [4.69, 9.17) is 5.53 Å². The van der Waals surface area contributed by atoms with E-state index in [9.17, 15) is 21.2 Å². The van der Waals surface area contributed by atoms with E-state index in [1.165, 1.54) is 0 Å². The van der Waals surface area contributed by atoms with E-state index >= 15 is 0 Å². The van der Waals surface area contributed by atoms with Crippen molar-refractivity contribution >= 4 is 24.1 Å². The summed E-state index contributed by atoms with van der Waals surface area (Å²) in [5.74, 6) is -1.09. The first-order valence-electron chi connectivity index (χ1n) is 6.21. The zero-order valence-corrected chi connectivity index (χ0v) is 13.0. The molecule has 1 rings (SSSR count). The van der Waals surface area contributed by atoms with Gasteiger partial charge in [0.05, 0.1) is 10.6 Å². The number of unbranched alkanes of at least 4 members (excludes halogenated alkanes) is 2. The summed E-state index contributed by atoms with van der Waals surface area (Å²) in [6.07, 6.45) is 1.62. The van der Waals surface area contributed by atoms with Crippen molar-refractivity contribution in [1.29, 1.82) is 0 Å². The molecule has 21 heavy (non-hydrogen) atoms. The van der Waals surface area contributed by atoms with Gasteiger partial charge >= 0.3 is 4.38 Å². The summed E-state index contributed by atoms with van der Waals surface area (Å²) in [5.41, 5.74) is 8.83. The van der Waals surface area contributed by atoms with Crippen molar-refractivity contribution in [1.82, 2.24) is 0 Å². The fourth-order valence-electron chi connectivity index (χ4n) is 1.63. The minimum Gasteiger partial charge on any atom is -0.359 e. The molecule has 0 aliphatic carbocycles. The van der Waals surface area contributed by atoms with Crippen molar-refractivity contribution in [3.05, 3.63) is 35.6 Å². The van der Waals surface area contributed by atoms with Crippen molar-refractivity contribution in [3.63, 3.8) is 0 Å². The molecule has 0 aliphatic heterocycles. The SMILES string of the molecule is CCCCCS(=O)(=O)C(=[N+]=[N-])S(=O)(=O)c1ccc(F)cc1. The predicted octanol–water partition coefficient (Wildman–Crippen LogP) is 1.79. The molecule has 0 bridgehead atoms. The summed E-state index contributed by atoms with van der Waals surface area (Å²) >= 11 is 0. The third-order valence-corrected chi connectivity index (χ3v) is 7.01. The molecule has 0 N–H and O–H groups in total. The van der Waals surface area contributed by atoms with Crippen LogP contribution in [0.5, 0.6) is 0 Å². The average molecular weight is 334 g/mol. The van der Waals surface area contributed by atoms with Crippen LogP contribution in [-0.4, -0.2) is 31.8 Å². The molecule has 0 fully saturated rings. The first kappa shape index (κ1) is 17.5. The number of hydrogen-bond acceptors (Lipinski definition) is 4. The van der Waals surface area contributed by atoms with Crippen molar-refractivity contribution in [2.45, 2.75) is 31.1 Å². The fourth-order valence-corrected chi connectivity index (χ4v) is 5.19. The molecule has 0 atom stereocenters. The van der Waals surface area contributed by atoms with Crippen molar-refractivity contribution in [2.75, 3.05) is 5.75 Å². The van der Waals surface area contributed by atoms with Crippen LogP contribution in [0.1, 0.15) is 26.2 Å². The largest absolute Gasteiger partial charge is 0.499 e. The highest BCUT2D eigenvalue weighted by Crippen LogP contribution is 2.16. The molecule has 1 aromatic rings. The minimum atomic E-state index is -4.52. The molecule has 0 amide bonds. The Balaban J connectivity index is 3.21. The van der Waals surface area contributed by atoms with Gasteiger partial charge in [-0.25, -0.2) is 21.2 Å². The van der Waals surface area contributed by atoms with E-state index < -0.39 is 40.5 Å². The zero-order chi connectivity index (χ0) is 16.1. The maximum absolute atomic E-state index is 12.8. The molecule has 116 valence electrons. The van der Waals surface area contributed by atoms with Gasteiger partial charge in [0.25, 0.3) is 19.7 Å².